The Bertz CT molecular complexity index is 1270. The van der Waals surface area contributed by atoms with E-state index in [-0.39, 0.29) is 22.7 Å². The summed E-state index contributed by atoms with van der Waals surface area (Å²) in [6.45, 7) is 6.68. The summed E-state index contributed by atoms with van der Waals surface area (Å²) in [5, 5.41) is 0.367. The summed E-state index contributed by atoms with van der Waals surface area (Å²) in [4.78, 5) is 31.0. The molecule has 7 nitrogen and oxygen atoms in total. The summed E-state index contributed by atoms with van der Waals surface area (Å²) in [7, 11) is 0. The second-order valence-corrected chi connectivity index (χ2v) is 8.53. The van der Waals surface area contributed by atoms with Crippen molar-refractivity contribution in [3.8, 4) is 5.75 Å². The van der Waals surface area contributed by atoms with E-state index in [2.05, 4.69) is 4.90 Å². The molecular weight excluding hydrogens is 439 g/mol. The average molecular weight is 467 g/mol. The van der Waals surface area contributed by atoms with Gasteiger partial charge >= 0.3 is 0 Å². The molecule has 2 aromatic carbocycles. The molecule has 2 aliphatic heterocycles. The van der Waals surface area contributed by atoms with Gasteiger partial charge in [-0.1, -0.05) is 12.1 Å². The quantitative estimate of drug-likeness (QED) is 0.530. The van der Waals surface area contributed by atoms with Crippen LogP contribution in [0.4, 0.5) is 4.39 Å². The first kappa shape index (κ1) is 22.6. The zero-order valence-electron chi connectivity index (χ0n) is 19.1. The van der Waals surface area contributed by atoms with Gasteiger partial charge in [-0.25, -0.2) is 4.39 Å². The predicted octanol–water partition coefficient (Wildman–Crippen LogP) is 3.60. The van der Waals surface area contributed by atoms with Crippen LogP contribution < -0.4 is 10.2 Å². The number of hydrogen-bond donors (Lipinski definition) is 0. The number of nitrogens with zero attached hydrogens (tertiary/aromatic N) is 2. The zero-order chi connectivity index (χ0) is 23.7. The number of amides is 1. The summed E-state index contributed by atoms with van der Waals surface area (Å²) in [6, 6.07) is 10.4. The van der Waals surface area contributed by atoms with Gasteiger partial charge in [-0.05, 0) is 43.2 Å². The SMILES string of the molecule is CCOc1ccc2c(=O)c3c(oc2c1)C(=O)N(CCCN1CCOCC1)C3c1cccc(F)c1. The first-order valence-electron chi connectivity index (χ1n) is 11.7. The molecule has 1 fully saturated rings. The van der Waals surface area contributed by atoms with Crippen LogP contribution in [0.15, 0.2) is 51.7 Å². The van der Waals surface area contributed by atoms with Crippen molar-refractivity contribution in [2.24, 2.45) is 0 Å². The van der Waals surface area contributed by atoms with E-state index in [0.717, 1.165) is 19.6 Å². The van der Waals surface area contributed by atoms with Crippen molar-refractivity contribution in [2.45, 2.75) is 19.4 Å². The molecule has 1 amide bonds. The molecule has 3 aromatic rings. The van der Waals surface area contributed by atoms with Gasteiger partial charge in [0.25, 0.3) is 5.91 Å². The van der Waals surface area contributed by atoms with Crippen molar-refractivity contribution in [3.63, 3.8) is 0 Å². The van der Waals surface area contributed by atoms with Gasteiger partial charge in [-0.2, -0.15) is 0 Å². The number of morpholine rings is 1. The van der Waals surface area contributed by atoms with Gasteiger partial charge < -0.3 is 18.8 Å². The average Bonchev–Trinajstić information content (AvgIpc) is 3.12. The third-order valence-corrected chi connectivity index (χ3v) is 6.39. The number of carbonyl (C=O) groups excluding carboxylic acids is 1. The van der Waals surface area contributed by atoms with Crippen LogP contribution in [0, 0.1) is 5.82 Å². The maximum atomic E-state index is 14.1. The highest BCUT2D eigenvalue weighted by atomic mass is 19.1. The topological polar surface area (TPSA) is 72.2 Å². The maximum Gasteiger partial charge on any atom is 0.290 e. The number of halogens is 1. The molecule has 5 rings (SSSR count). The van der Waals surface area contributed by atoms with Gasteiger partial charge in [0.2, 0.25) is 5.76 Å². The summed E-state index contributed by atoms with van der Waals surface area (Å²) >= 11 is 0. The van der Waals surface area contributed by atoms with E-state index >= 15 is 0 Å². The molecule has 0 N–H and O–H groups in total. The standard InChI is InChI=1S/C26H27FN2O5/c1-2-33-19-7-8-20-21(16-19)34-25-22(24(20)30)23(17-5-3-6-18(27)15-17)29(26(25)31)10-4-9-28-11-13-32-14-12-28/h3,5-8,15-16,23H,2,4,9-14H2,1H3. The van der Waals surface area contributed by atoms with Crippen LogP contribution >= 0.6 is 0 Å². The van der Waals surface area contributed by atoms with Crippen LogP contribution in [-0.4, -0.2) is 61.7 Å². The Balaban J connectivity index is 1.53. The Morgan fingerprint density at radius 1 is 1.09 bits per heavy atom. The predicted molar refractivity (Wildman–Crippen MR) is 125 cm³/mol. The lowest BCUT2D eigenvalue weighted by atomic mass is 9.98. The Hall–Kier alpha value is -3.23. The molecule has 2 aliphatic rings. The van der Waals surface area contributed by atoms with Crippen molar-refractivity contribution in [1.29, 1.82) is 0 Å². The molecule has 8 heteroatoms. The fourth-order valence-corrected chi connectivity index (χ4v) is 4.80. The maximum absolute atomic E-state index is 14.1. The normalized spacial score (nSPS) is 18.5. The smallest absolute Gasteiger partial charge is 0.290 e. The number of benzene rings is 2. The second-order valence-electron chi connectivity index (χ2n) is 8.53. The van der Waals surface area contributed by atoms with Gasteiger partial charge in [0, 0.05) is 32.2 Å². The highest BCUT2D eigenvalue weighted by Gasteiger charge is 2.42. The lowest BCUT2D eigenvalue weighted by Crippen LogP contribution is -2.38. The monoisotopic (exact) mass is 466 g/mol. The van der Waals surface area contributed by atoms with E-state index in [0.29, 0.717) is 55.1 Å². The number of carbonyl (C=O) groups is 1. The molecular formula is C26H27FN2O5. The van der Waals surface area contributed by atoms with E-state index < -0.39 is 11.9 Å². The summed E-state index contributed by atoms with van der Waals surface area (Å²) in [6.07, 6.45) is 0.716. The molecule has 0 bridgehead atoms. The van der Waals surface area contributed by atoms with Gasteiger partial charge in [0.05, 0.1) is 36.8 Å². The molecule has 0 saturated carbocycles. The van der Waals surface area contributed by atoms with Crippen molar-refractivity contribution < 1.29 is 23.1 Å². The lowest BCUT2D eigenvalue weighted by molar-refractivity contribution is 0.0353. The lowest BCUT2D eigenvalue weighted by Gasteiger charge is -2.29. The van der Waals surface area contributed by atoms with Gasteiger partial charge in [-0.3, -0.25) is 14.5 Å². The van der Waals surface area contributed by atoms with Gasteiger partial charge in [-0.15, -0.1) is 0 Å². The Morgan fingerprint density at radius 3 is 2.68 bits per heavy atom. The van der Waals surface area contributed by atoms with Crippen LogP contribution in [0.3, 0.4) is 0 Å². The Kier molecular flexibility index (Phi) is 6.34. The summed E-state index contributed by atoms with van der Waals surface area (Å²) in [5.41, 5.74) is 0.837. The van der Waals surface area contributed by atoms with Crippen LogP contribution in [0.25, 0.3) is 11.0 Å². The summed E-state index contributed by atoms with van der Waals surface area (Å²) in [5.74, 6) is -0.190. The third kappa shape index (κ3) is 4.19. The van der Waals surface area contributed by atoms with Gasteiger partial charge in [0.15, 0.2) is 5.43 Å². The minimum Gasteiger partial charge on any atom is -0.494 e. The largest absolute Gasteiger partial charge is 0.494 e. The first-order chi connectivity index (χ1) is 16.6. The van der Waals surface area contributed by atoms with Crippen LogP contribution in [-0.2, 0) is 4.74 Å². The van der Waals surface area contributed by atoms with E-state index in [1.807, 2.05) is 6.92 Å². The van der Waals surface area contributed by atoms with E-state index in [9.17, 15) is 14.0 Å². The van der Waals surface area contributed by atoms with E-state index in [1.165, 1.54) is 12.1 Å². The Morgan fingerprint density at radius 2 is 1.91 bits per heavy atom. The van der Waals surface area contributed by atoms with Gasteiger partial charge in [0.1, 0.15) is 17.1 Å². The molecule has 34 heavy (non-hydrogen) atoms. The number of fused-ring (bicyclic) bond motifs is 2. The number of hydrogen-bond acceptors (Lipinski definition) is 6. The molecule has 178 valence electrons. The first-order valence-corrected chi connectivity index (χ1v) is 11.7. The van der Waals surface area contributed by atoms with E-state index in [1.54, 1.807) is 35.2 Å². The van der Waals surface area contributed by atoms with Crippen LogP contribution in [0.5, 0.6) is 5.75 Å². The van der Waals surface area contributed by atoms with Crippen molar-refractivity contribution in [1.82, 2.24) is 9.80 Å². The molecule has 0 spiro atoms. The molecule has 1 atom stereocenters. The minimum absolute atomic E-state index is 0.0202. The number of ether oxygens (including phenoxy) is 2. The van der Waals surface area contributed by atoms with E-state index in [4.69, 9.17) is 13.9 Å². The fraction of sp³-hybridized carbons (Fsp3) is 0.385. The zero-order valence-corrected chi connectivity index (χ0v) is 19.1. The van der Waals surface area contributed by atoms with Crippen LogP contribution in [0.2, 0.25) is 0 Å². The van der Waals surface area contributed by atoms with Crippen molar-refractivity contribution in [2.75, 3.05) is 46.0 Å². The second kappa shape index (κ2) is 9.56. The molecule has 3 heterocycles. The summed E-state index contributed by atoms with van der Waals surface area (Å²) < 4.78 is 31.1. The molecule has 1 unspecified atom stereocenters. The molecule has 0 radical (unpaired) electrons. The Labute approximate surface area is 196 Å². The van der Waals surface area contributed by atoms with Crippen molar-refractivity contribution in [3.05, 3.63) is 75.4 Å². The number of rotatable bonds is 7. The minimum atomic E-state index is -0.699. The highest BCUT2D eigenvalue weighted by Crippen LogP contribution is 2.38. The fourth-order valence-electron chi connectivity index (χ4n) is 4.80. The third-order valence-electron chi connectivity index (χ3n) is 6.39. The molecule has 0 aliphatic carbocycles. The molecule has 1 aromatic heterocycles. The van der Waals surface area contributed by atoms with Crippen LogP contribution in [0.1, 0.15) is 41.1 Å². The molecule has 1 saturated heterocycles. The van der Waals surface area contributed by atoms with Crippen molar-refractivity contribution >= 4 is 16.9 Å². The highest BCUT2D eigenvalue weighted by molar-refractivity contribution is 5.99.